The number of halogens is 1. The highest BCUT2D eigenvalue weighted by Crippen LogP contribution is 2.20. The van der Waals surface area contributed by atoms with Crippen LogP contribution in [0.4, 0.5) is 0 Å². The standard InChI is InChI=1S/C13H18BrNO/c14-12-4-3-10(11(8-12)5-7-16)9-13-2-1-6-15-13/h3-4,8,13,15-16H,1-2,5-7,9H2. The lowest BCUT2D eigenvalue weighted by Crippen LogP contribution is -2.24. The van der Waals surface area contributed by atoms with Crippen molar-refractivity contribution in [3.8, 4) is 0 Å². The summed E-state index contributed by atoms with van der Waals surface area (Å²) in [7, 11) is 0. The van der Waals surface area contributed by atoms with Crippen molar-refractivity contribution in [1.82, 2.24) is 5.32 Å². The molecule has 0 spiro atoms. The van der Waals surface area contributed by atoms with Crippen LogP contribution in [0.3, 0.4) is 0 Å². The highest BCUT2D eigenvalue weighted by molar-refractivity contribution is 9.10. The van der Waals surface area contributed by atoms with Gasteiger partial charge in [0.25, 0.3) is 0 Å². The molecular weight excluding hydrogens is 266 g/mol. The van der Waals surface area contributed by atoms with Gasteiger partial charge in [0.1, 0.15) is 0 Å². The van der Waals surface area contributed by atoms with Crippen LogP contribution in [-0.4, -0.2) is 24.3 Å². The Morgan fingerprint density at radius 2 is 2.25 bits per heavy atom. The lowest BCUT2D eigenvalue weighted by molar-refractivity contribution is 0.299. The van der Waals surface area contributed by atoms with E-state index < -0.39 is 0 Å². The fourth-order valence-corrected chi connectivity index (χ4v) is 2.75. The molecule has 0 amide bonds. The van der Waals surface area contributed by atoms with Crippen LogP contribution in [0.2, 0.25) is 0 Å². The molecule has 0 bridgehead atoms. The first kappa shape index (κ1) is 12.1. The Morgan fingerprint density at radius 3 is 2.94 bits per heavy atom. The molecule has 0 radical (unpaired) electrons. The predicted octanol–water partition coefficient (Wildman–Crippen LogP) is 2.28. The van der Waals surface area contributed by atoms with Crippen molar-refractivity contribution >= 4 is 15.9 Å². The number of aliphatic hydroxyl groups excluding tert-OH is 1. The first-order chi connectivity index (χ1) is 7.79. The lowest BCUT2D eigenvalue weighted by Gasteiger charge is -2.14. The van der Waals surface area contributed by atoms with E-state index in [4.69, 9.17) is 5.11 Å². The molecule has 88 valence electrons. The maximum absolute atomic E-state index is 9.06. The third-order valence-corrected chi connectivity index (χ3v) is 3.67. The van der Waals surface area contributed by atoms with Crippen LogP contribution in [0.5, 0.6) is 0 Å². The summed E-state index contributed by atoms with van der Waals surface area (Å²) in [6.07, 6.45) is 4.40. The van der Waals surface area contributed by atoms with Crippen LogP contribution >= 0.6 is 15.9 Å². The van der Waals surface area contributed by atoms with Gasteiger partial charge in [-0.05, 0) is 55.5 Å². The molecule has 16 heavy (non-hydrogen) atoms. The van der Waals surface area contributed by atoms with Gasteiger partial charge in [-0.25, -0.2) is 0 Å². The number of hydrogen-bond acceptors (Lipinski definition) is 2. The molecule has 1 aromatic rings. The Kier molecular flexibility index (Phi) is 4.38. The summed E-state index contributed by atoms with van der Waals surface area (Å²) in [6, 6.07) is 7.01. The molecule has 1 heterocycles. The summed E-state index contributed by atoms with van der Waals surface area (Å²) in [5.74, 6) is 0. The van der Waals surface area contributed by atoms with Gasteiger partial charge in [-0.2, -0.15) is 0 Å². The highest BCUT2D eigenvalue weighted by atomic mass is 79.9. The Balaban J connectivity index is 2.11. The van der Waals surface area contributed by atoms with Crippen molar-refractivity contribution < 1.29 is 5.11 Å². The number of nitrogens with one attached hydrogen (secondary N) is 1. The summed E-state index contributed by atoms with van der Waals surface area (Å²) in [6.45, 7) is 1.37. The van der Waals surface area contributed by atoms with Gasteiger partial charge in [-0.15, -0.1) is 0 Å². The lowest BCUT2D eigenvalue weighted by atomic mass is 9.98. The summed E-state index contributed by atoms with van der Waals surface area (Å²) in [4.78, 5) is 0. The summed E-state index contributed by atoms with van der Waals surface area (Å²) < 4.78 is 1.10. The first-order valence-corrected chi connectivity index (χ1v) is 6.70. The molecule has 1 aliphatic rings. The van der Waals surface area contributed by atoms with Gasteiger partial charge in [-0.1, -0.05) is 22.0 Å². The van der Waals surface area contributed by atoms with Gasteiger partial charge in [0.2, 0.25) is 0 Å². The van der Waals surface area contributed by atoms with Crippen LogP contribution in [0.15, 0.2) is 22.7 Å². The van der Waals surface area contributed by atoms with Crippen molar-refractivity contribution in [2.45, 2.75) is 31.7 Å². The summed E-state index contributed by atoms with van der Waals surface area (Å²) in [5, 5.41) is 12.6. The number of aliphatic hydroxyl groups is 1. The molecular formula is C13H18BrNO. The minimum Gasteiger partial charge on any atom is -0.396 e. The Bertz CT molecular complexity index is 348. The largest absolute Gasteiger partial charge is 0.396 e. The van der Waals surface area contributed by atoms with Gasteiger partial charge in [0, 0.05) is 17.1 Å². The molecule has 1 fully saturated rings. The first-order valence-electron chi connectivity index (χ1n) is 5.91. The van der Waals surface area contributed by atoms with Crippen molar-refractivity contribution in [3.05, 3.63) is 33.8 Å². The molecule has 0 saturated carbocycles. The Labute approximate surface area is 105 Å². The van der Waals surface area contributed by atoms with Gasteiger partial charge in [0.05, 0.1) is 0 Å². The summed E-state index contributed by atoms with van der Waals surface area (Å²) >= 11 is 3.48. The zero-order valence-electron chi connectivity index (χ0n) is 9.38. The molecule has 1 atom stereocenters. The third-order valence-electron chi connectivity index (χ3n) is 3.18. The molecule has 2 nitrogen and oxygen atoms in total. The molecule has 2 rings (SSSR count). The topological polar surface area (TPSA) is 32.3 Å². The smallest absolute Gasteiger partial charge is 0.0471 e. The van der Waals surface area contributed by atoms with E-state index in [1.165, 1.54) is 24.0 Å². The van der Waals surface area contributed by atoms with Crippen molar-refractivity contribution in [2.24, 2.45) is 0 Å². The molecule has 1 aliphatic heterocycles. The Morgan fingerprint density at radius 1 is 1.38 bits per heavy atom. The van der Waals surface area contributed by atoms with Crippen LogP contribution in [0.1, 0.15) is 24.0 Å². The third kappa shape index (κ3) is 3.06. The normalized spacial score (nSPS) is 20.2. The van der Waals surface area contributed by atoms with E-state index in [-0.39, 0.29) is 6.61 Å². The van der Waals surface area contributed by atoms with E-state index in [9.17, 15) is 0 Å². The minimum absolute atomic E-state index is 0.224. The van der Waals surface area contributed by atoms with Crippen LogP contribution < -0.4 is 5.32 Å². The molecule has 3 heteroatoms. The number of benzene rings is 1. The second-order valence-electron chi connectivity index (χ2n) is 4.38. The minimum atomic E-state index is 0.224. The molecule has 0 aliphatic carbocycles. The molecule has 1 aromatic carbocycles. The van der Waals surface area contributed by atoms with Crippen LogP contribution in [0.25, 0.3) is 0 Å². The van der Waals surface area contributed by atoms with E-state index in [0.29, 0.717) is 6.04 Å². The van der Waals surface area contributed by atoms with Crippen LogP contribution in [0, 0.1) is 0 Å². The van der Waals surface area contributed by atoms with E-state index in [1.807, 2.05) is 0 Å². The number of rotatable bonds is 4. The molecule has 1 saturated heterocycles. The molecule has 2 N–H and O–H groups in total. The maximum atomic E-state index is 9.06. The van der Waals surface area contributed by atoms with E-state index in [0.717, 1.165) is 23.9 Å². The van der Waals surface area contributed by atoms with Crippen LogP contribution in [-0.2, 0) is 12.8 Å². The van der Waals surface area contributed by atoms with E-state index in [2.05, 4.69) is 39.4 Å². The summed E-state index contributed by atoms with van der Waals surface area (Å²) in [5.41, 5.74) is 2.64. The molecule has 1 unspecified atom stereocenters. The monoisotopic (exact) mass is 283 g/mol. The van der Waals surface area contributed by atoms with Gasteiger partial charge in [-0.3, -0.25) is 0 Å². The van der Waals surface area contributed by atoms with Crippen molar-refractivity contribution in [3.63, 3.8) is 0 Å². The zero-order chi connectivity index (χ0) is 11.4. The second-order valence-corrected chi connectivity index (χ2v) is 5.30. The highest BCUT2D eigenvalue weighted by Gasteiger charge is 2.15. The zero-order valence-corrected chi connectivity index (χ0v) is 11.0. The van der Waals surface area contributed by atoms with Crippen molar-refractivity contribution in [2.75, 3.05) is 13.2 Å². The van der Waals surface area contributed by atoms with E-state index in [1.54, 1.807) is 0 Å². The Hall–Kier alpha value is -0.380. The van der Waals surface area contributed by atoms with E-state index >= 15 is 0 Å². The average molecular weight is 284 g/mol. The molecule has 0 aromatic heterocycles. The predicted molar refractivity (Wildman–Crippen MR) is 69.7 cm³/mol. The number of hydrogen-bond donors (Lipinski definition) is 2. The average Bonchev–Trinajstić information content (AvgIpc) is 2.75. The van der Waals surface area contributed by atoms with Gasteiger partial charge in [0.15, 0.2) is 0 Å². The van der Waals surface area contributed by atoms with Crippen molar-refractivity contribution in [1.29, 1.82) is 0 Å². The maximum Gasteiger partial charge on any atom is 0.0471 e. The second kappa shape index (κ2) is 5.80. The van der Waals surface area contributed by atoms with Gasteiger partial charge < -0.3 is 10.4 Å². The fraction of sp³-hybridized carbons (Fsp3) is 0.538. The van der Waals surface area contributed by atoms with Gasteiger partial charge >= 0.3 is 0 Å². The fourth-order valence-electron chi connectivity index (χ4n) is 2.34. The SMILES string of the molecule is OCCc1cc(Br)ccc1CC1CCCN1. The quantitative estimate of drug-likeness (QED) is 0.889.